The van der Waals surface area contributed by atoms with Gasteiger partial charge in [0.1, 0.15) is 12.1 Å². The van der Waals surface area contributed by atoms with Crippen LogP contribution >= 0.6 is 0 Å². The lowest BCUT2D eigenvalue weighted by atomic mass is 10.1. The molecule has 0 fully saturated rings. The van der Waals surface area contributed by atoms with E-state index in [9.17, 15) is 0 Å². The standard InChI is InChI=1S/C16H13N5O2/c1-10-7-12(22-2)4-5-13(10)16-18-15(20-23-16)11-3-6-14-19-17-9-21(14)8-11/h3-9H,1-2H3. The highest BCUT2D eigenvalue weighted by molar-refractivity contribution is 5.63. The van der Waals surface area contributed by atoms with Crippen LogP contribution in [0.15, 0.2) is 47.4 Å². The third-order valence-electron chi connectivity index (χ3n) is 3.64. The lowest BCUT2D eigenvalue weighted by Crippen LogP contribution is -1.89. The molecule has 0 saturated carbocycles. The molecular formula is C16H13N5O2. The first-order chi connectivity index (χ1) is 11.2. The first kappa shape index (κ1) is 13.4. The van der Waals surface area contributed by atoms with Crippen LogP contribution in [-0.4, -0.2) is 31.8 Å². The summed E-state index contributed by atoms with van der Waals surface area (Å²) in [6, 6.07) is 9.46. The Labute approximate surface area is 131 Å². The van der Waals surface area contributed by atoms with E-state index in [1.54, 1.807) is 13.4 Å². The highest BCUT2D eigenvalue weighted by atomic mass is 16.5. The fourth-order valence-corrected chi connectivity index (χ4v) is 2.41. The van der Waals surface area contributed by atoms with Crippen molar-refractivity contribution in [3.05, 3.63) is 48.4 Å². The second kappa shape index (κ2) is 5.20. The normalized spacial score (nSPS) is 11.0. The van der Waals surface area contributed by atoms with E-state index in [1.165, 1.54) is 0 Å². The fraction of sp³-hybridized carbons (Fsp3) is 0.125. The van der Waals surface area contributed by atoms with Gasteiger partial charge >= 0.3 is 0 Å². The van der Waals surface area contributed by atoms with Crippen LogP contribution in [0, 0.1) is 6.92 Å². The van der Waals surface area contributed by atoms with Gasteiger partial charge in [-0.05, 0) is 42.8 Å². The monoisotopic (exact) mass is 307 g/mol. The van der Waals surface area contributed by atoms with Gasteiger partial charge in [-0.2, -0.15) is 4.98 Å². The highest BCUT2D eigenvalue weighted by Crippen LogP contribution is 2.27. The van der Waals surface area contributed by atoms with Crippen LogP contribution in [0.2, 0.25) is 0 Å². The molecule has 0 bridgehead atoms. The van der Waals surface area contributed by atoms with Crippen LogP contribution in [0.5, 0.6) is 5.75 Å². The van der Waals surface area contributed by atoms with Crippen LogP contribution < -0.4 is 4.74 Å². The molecule has 3 aromatic heterocycles. The Morgan fingerprint density at radius 1 is 1.17 bits per heavy atom. The van der Waals surface area contributed by atoms with E-state index in [4.69, 9.17) is 9.26 Å². The second-order valence-electron chi connectivity index (χ2n) is 5.12. The minimum Gasteiger partial charge on any atom is -0.497 e. The Bertz CT molecular complexity index is 989. The van der Waals surface area contributed by atoms with Gasteiger partial charge in [-0.25, -0.2) is 0 Å². The van der Waals surface area contributed by atoms with E-state index < -0.39 is 0 Å². The molecule has 7 heteroatoms. The average molecular weight is 307 g/mol. The zero-order valence-electron chi connectivity index (χ0n) is 12.6. The summed E-state index contributed by atoms with van der Waals surface area (Å²) in [4.78, 5) is 4.49. The molecule has 114 valence electrons. The molecule has 23 heavy (non-hydrogen) atoms. The van der Waals surface area contributed by atoms with E-state index in [2.05, 4.69) is 20.3 Å². The minimum atomic E-state index is 0.476. The van der Waals surface area contributed by atoms with Crippen LogP contribution in [0.1, 0.15) is 5.56 Å². The molecule has 1 aromatic carbocycles. The van der Waals surface area contributed by atoms with Gasteiger partial charge in [0.15, 0.2) is 5.65 Å². The van der Waals surface area contributed by atoms with Gasteiger partial charge in [0.2, 0.25) is 5.82 Å². The summed E-state index contributed by atoms with van der Waals surface area (Å²) in [6.07, 6.45) is 3.50. The number of rotatable bonds is 3. The Hall–Kier alpha value is -3.22. The predicted molar refractivity (Wildman–Crippen MR) is 83.0 cm³/mol. The maximum Gasteiger partial charge on any atom is 0.258 e. The predicted octanol–water partition coefficient (Wildman–Crippen LogP) is 2.76. The summed E-state index contributed by atoms with van der Waals surface area (Å²) >= 11 is 0. The molecule has 0 radical (unpaired) electrons. The van der Waals surface area contributed by atoms with Gasteiger partial charge in [-0.3, -0.25) is 4.40 Å². The molecule has 0 atom stereocenters. The van der Waals surface area contributed by atoms with Gasteiger partial charge in [-0.15, -0.1) is 10.2 Å². The van der Waals surface area contributed by atoms with Crippen LogP contribution in [0.25, 0.3) is 28.5 Å². The van der Waals surface area contributed by atoms with Crippen molar-refractivity contribution in [2.75, 3.05) is 7.11 Å². The van der Waals surface area contributed by atoms with Crippen molar-refractivity contribution in [1.29, 1.82) is 0 Å². The number of fused-ring (bicyclic) bond motifs is 1. The first-order valence-corrected chi connectivity index (χ1v) is 7.03. The maximum atomic E-state index is 5.41. The number of methoxy groups -OCH3 is 1. The van der Waals surface area contributed by atoms with E-state index in [0.717, 1.165) is 28.1 Å². The van der Waals surface area contributed by atoms with Gasteiger partial charge in [0.25, 0.3) is 5.89 Å². The number of aryl methyl sites for hydroxylation is 1. The van der Waals surface area contributed by atoms with E-state index >= 15 is 0 Å². The molecule has 0 amide bonds. The molecule has 0 aliphatic rings. The summed E-state index contributed by atoms with van der Waals surface area (Å²) in [5.41, 5.74) is 3.49. The maximum absolute atomic E-state index is 5.41. The van der Waals surface area contributed by atoms with Crippen molar-refractivity contribution < 1.29 is 9.26 Å². The molecule has 3 heterocycles. The van der Waals surface area contributed by atoms with Crippen molar-refractivity contribution in [1.82, 2.24) is 24.7 Å². The zero-order chi connectivity index (χ0) is 15.8. The number of pyridine rings is 1. The summed E-state index contributed by atoms with van der Waals surface area (Å²) in [6.45, 7) is 1.98. The molecule has 0 unspecified atom stereocenters. The van der Waals surface area contributed by atoms with E-state index in [-0.39, 0.29) is 0 Å². The zero-order valence-corrected chi connectivity index (χ0v) is 12.6. The Kier molecular flexibility index (Phi) is 3.04. The van der Waals surface area contributed by atoms with Crippen LogP contribution in [0.4, 0.5) is 0 Å². The third-order valence-corrected chi connectivity index (χ3v) is 3.64. The molecule has 0 saturated heterocycles. The number of hydrogen-bond acceptors (Lipinski definition) is 6. The smallest absolute Gasteiger partial charge is 0.258 e. The van der Waals surface area contributed by atoms with Crippen molar-refractivity contribution in [3.63, 3.8) is 0 Å². The summed E-state index contributed by atoms with van der Waals surface area (Å²) in [7, 11) is 1.64. The number of hydrogen-bond donors (Lipinski definition) is 0. The van der Waals surface area contributed by atoms with E-state index in [1.807, 2.05) is 47.9 Å². The number of ether oxygens (including phenoxy) is 1. The Balaban J connectivity index is 1.73. The lowest BCUT2D eigenvalue weighted by molar-refractivity contribution is 0.414. The SMILES string of the molecule is COc1ccc(-c2nc(-c3ccc4nncn4c3)no2)c(C)c1. The van der Waals surface area contributed by atoms with Gasteiger partial charge in [-0.1, -0.05) is 5.16 Å². The van der Waals surface area contributed by atoms with Gasteiger partial charge in [0, 0.05) is 17.3 Å². The molecule has 7 nitrogen and oxygen atoms in total. The fourth-order valence-electron chi connectivity index (χ4n) is 2.41. The summed E-state index contributed by atoms with van der Waals surface area (Å²) < 4.78 is 12.4. The minimum absolute atomic E-state index is 0.476. The van der Waals surface area contributed by atoms with Crippen molar-refractivity contribution in [3.8, 4) is 28.6 Å². The largest absolute Gasteiger partial charge is 0.497 e. The molecule has 4 rings (SSSR count). The second-order valence-corrected chi connectivity index (χ2v) is 5.12. The molecule has 0 N–H and O–H groups in total. The Morgan fingerprint density at radius 2 is 2.09 bits per heavy atom. The number of benzene rings is 1. The molecule has 0 aliphatic heterocycles. The van der Waals surface area contributed by atoms with Crippen molar-refractivity contribution >= 4 is 5.65 Å². The highest BCUT2D eigenvalue weighted by Gasteiger charge is 2.13. The topological polar surface area (TPSA) is 78.3 Å². The van der Waals surface area contributed by atoms with Crippen LogP contribution in [-0.2, 0) is 0 Å². The summed E-state index contributed by atoms with van der Waals surface area (Å²) in [5.74, 6) is 1.79. The molecule has 0 spiro atoms. The van der Waals surface area contributed by atoms with Gasteiger partial charge in [0.05, 0.1) is 7.11 Å². The number of aromatic nitrogens is 5. The van der Waals surface area contributed by atoms with Crippen molar-refractivity contribution in [2.45, 2.75) is 6.92 Å². The van der Waals surface area contributed by atoms with Crippen LogP contribution in [0.3, 0.4) is 0 Å². The summed E-state index contributed by atoms with van der Waals surface area (Å²) in [5, 5.41) is 11.9. The molecule has 0 aliphatic carbocycles. The Morgan fingerprint density at radius 3 is 2.91 bits per heavy atom. The lowest BCUT2D eigenvalue weighted by Gasteiger charge is -2.03. The molecular weight excluding hydrogens is 294 g/mol. The van der Waals surface area contributed by atoms with E-state index in [0.29, 0.717) is 11.7 Å². The first-order valence-electron chi connectivity index (χ1n) is 7.03. The molecule has 4 aromatic rings. The van der Waals surface area contributed by atoms with Gasteiger partial charge < -0.3 is 9.26 Å². The number of nitrogens with zero attached hydrogens (tertiary/aromatic N) is 5. The van der Waals surface area contributed by atoms with Crippen molar-refractivity contribution in [2.24, 2.45) is 0 Å². The quantitative estimate of drug-likeness (QED) is 0.579. The third kappa shape index (κ3) is 2.32. The average Bonchev–Trinajstić information content (AvgIpc) is 3.23.